The Balaban J connectivity index is 1.99. The lowest BCUT2D eigenvalue weighted by molar-refractivity contribution is 0.00704. The Labute approximate surface area is 202 Å². The number of nitrogens with one attached hydrogen (secondary N) is 1. The molecule has 0 saturated carbocycles. The molecule has 0 radical (unpaired) electrons. The second kappa shape index (κ2) is 10.8. The van der Waals surface area contributed by atoms with Crippen LogP contribution in [0.1, 0.15) is 50.5 Å². The molecule has 0 saturated heterocycles. The average molecular weight is 468 g/mol. The van der Waals surface area contributed by atoms with E-state index in [0.717, 1.165) is 30.6 Å². The predicted molar refractivity (Wildman–Crippen MR) is 140 cm³/mol. The van der Waals surface area contributed by atoms with Gasteiger partial charge in [0.05, 0.1) is 5.56 Å². The molecule has 0 fully saturated rings. The quantitative estimate of drug-likeness (QED) is 0.231. The molecule has 178 valence electrons. The summed E-state index contributed by atoms with van der Waals surface area (Å²) in [7, 11) is 4.06. The molecule has 0 atom stereocenters. The summed E-state index contributed by atoms with van der Waals surface area (Å²) in [6.45, 7) is 12.0. The van der Waals surface area contributed by atoms with E-state index in [1.165, 1.54) is 16.5 Å². The van der Waals surface area contributed by atoms with Crippen LogP contribution < -0.4 is 4.72 Å². The van der Waals surface area contributed by atoms with Crippen molar-refractivity contribution in [2.75, 3.05) is 20.6 Å². The maximum absolute atomic E-state index is 12.9. The smallest absolute Gasteiger partial charge is 0.339 e. The number of rotatable bonds is 9. The van der Waals surface area contributed by atoms with Gasteiger partial charge in [-0.05, 0) is 76.0 Å². The molecule has 1 aromatic heterocycles. The van der Waals surface area contributed by atoms with Crippen molar-refractivity contribution in [1.82, 2.24) is 13.6 Å². The van der Waals surface area contributed by atoms with Crippen LogP contribution in [0.3, 0.4) is 0 Å². The van der Waals surface area contributed by atoms with Gasteiger partial charge in [0.25, 0.3) is 0 Å². The fourth-order valence-electron chi connectivity index (χ4n) is 3.89. The highest BCUT2D eigenvalue weighted by molar-refractivity contribution is 7.95. The second-order valence-corrected chi connectivity index (χ2v) is 11.2. The number of fused-ring (bicyclic) bond motifs is 1. The van der Waals surface area contributed by atoms with E-state index in [0.29, 0.717) is 11.5 Å². The average Bonchev–Trinajstić information content (AvgIpc) is 3.06. The molecule has 6 heteroatoms. The molecule has 1 N–H and O–H groups in total. The maximum Gasteiger partial charge on any atom is 0.339 e. The molecule has 1 heterocycles. The molecule has 0 aliphatic carbocycles. The summed E-state index contributed by atoms with van der Waals surface area (Å²) in [5, 5.41) is 1.27. The van der Waals surface area contributed by atoms with Crippen LogP contribution in [0.25, 0.3) is 22.0 Å². The number of aromatic nitrogens is 1. The third-order valence-corrected chi connectivity index (χ3v) is 5.83. The van der Waals surface area contributed by atoms with Crippen molar-refractivity contribution in [2.45, 2.75) is 53.2 Å². The van der Waals surface area contributed by atoms with Crippen molar-refractivity contribution in [1.29, 1.82) is 0 Å². The monoisotopic (exact) mass is 467 g/mol. The van der Waals surface area contributed by atoms with Crippen molar-refractivity contribution in [3.8, 4) is 11.1 Å². The first kappa shape index (κ1) is 25.3. The molecule has 3 rings (SSSR count). The second-order valence-electron chi connectivity index (χ2n) is 10.0. The molecule has 0 spiro atoms. The van der Waals surface area contributed by atoms with Crippen molar-refractivity contribution in [3.05, 3.63) is 59.8 Å². The molecule has 0 unspecified atom stereocenters. The number of carbonyl (C=O) groups excluding carboxylic acids is 1. The fraction of sp³-hybridized carbons (Fsp3) is 0.444. The van der Waals surface area contributed by atoms with Crippen molar-refractivity contribution >= 4 is 29.0 Å². The maximum atomic E-state index is 12.9. The van der Waals surface area contributed by atoms with Gasteiger partial charge >= 0.3 is 5.97 Å². The molecule has 0 aliphatic heterocycles. The van der Waals surface area contributed by atoms with Gasteiger partial charge < -0.3 is 9.30 Å². The first-order chi connectivity index (χ1) is 15.5. The SMILES string of the molecule is CC(C)Cn1cc(CCNSN(C)C)c2ccc(-c3ccccc3C(=O)OC(C)(C)C)cc21. The van der Waals surface area contributed by atoms with E-state index >= 15 is 0 Å². The van der Waals surface area contributed by atoms with Crippen molar-refractivity contribution in [3.63, 3.8) is 0 Å². The number of ether oxygens (including phenoxy) is 1. The van der Waals surface area contributed by atoms with E-state index in [1.807, 2.05) is 59.1 Å². The topological polar surface area (TPSA) is 46.5 Å². The van der Waals surface area contributed by atoms with E-state index in [1.54, 1.807) is 12.1 Å². The summed E-state index contributed by atoms with van der Waals surface area (Å²) < 4.78 is 13.5. The zero-order valence-electron chi connectivity index (χ0n) is 20.9. The summed E-state index contributed by atoms with van der Waals surface area (Å²) in [5.41, 5.74) is 4.53. The van der Waals surface area contributed by atoms with E-state index in [2.05, 4.69) is 51.8 Å². The highest BCUT2D eigenvalue weighted by Crippen LogP contribution is 2.31. The van der Waals surface area contributed by atoms with Gasteiger partial charge in [-0.2, -0.15) is 0 Å². The van der Waals surface area contributed by atoms with Crippen LogP contribution in [-0.2, 0) is 17.7 Å². The van der Waals surface area contributed by atoms with Gasteiger partial charge in [-0.1, -0.05) is 44.2 Å². The summed E-state index contributed by atoms with van der Waals surface area (Å²) in [6.07, 6.45) is 3.24. The highest BCUT2D eigenvalue weighted by Gasteiger charge is 2.21. The van der Waals surface area contributed by atoms with Gasteiger partial charge in [-0.15, -0.1) is 0 Å². The zero-order chi connectivity index (χ0) is 24.2. The van der Waals surface area contributed by atoms with Gasteiger partial charge in [0.15, 0.2) is 0 Å². The van der Waals surface area contributed by atoms with Crippen molar-refractivity contribution < 1.29 is 9.53 Å². The third kappa shape index (κ3) is 6.85. The predicted octanol–water partition coefficient (Wildman–Crippen LogP) is 6.18. The summed E-state index contributed by atoms with van der Waals surface area (Å²) in [5.74, 6) is 0.245. The number of nitrogens with zero attached hydrogens (tertiary/aromatic N) is 2. The number of hydrogen-bond donors (Lipinski definition) is 1. The Bertz CT molecular complexity index is 1100. The lowest BCUT2D eigenvalue weighted by atomic mass is 9.98. The lowest BCUT2D eigenvalue weighted by Gasteiger charge is -2.20. The van der Waals surface area contributed by atoms with Gasteiger partial charge in [0, 0.05) is 42.3 Å². The zero-order valence-corrected chi connectivity index (χ0v) is 21.8. The van der Waals surface area contributed by atoms with Crippen LogP contribution in [0.15, 0.2) is 48.7 Å². The first-order valence-electron chi connectivity index (χ1n) is 11.6. The van der Waals surface area contributed by atoms with E-state index in [-0.39, 0.29) is 5.97 Å². The number of benzene rings is 2. The van der Waals surface area contributed by atoms with Gasteiger partial charge in [0.2, 0.25) is 0 Å². The molecule has 3 aromatic rings. The highest BCUT2D eigenvalue weighted by atomic mass is 32.2. The number of carbonyl (C=O) groups is 1. The standard InChI is InChI=1S/C27H37N3O2S/c1-19(2)17-30-18-21(14-15-28-33-29(6)7)23-13-12-20(16-25(23)30)22-10-8-9-11-24(22)26(31)32-27(3,4)5/h8-13,16,18-19,28H,14-15,17H2,1-7H3. The number of hydrogen-bond acceptors (Lipinski definition) is 5. The Morgan fingerprint density at radius 3 is 2.55 bits per heavy atom. The largest absolute Gasteiger partial charge is 0.456 e. The molecule has 0 aliphatic rings. The lowest BCUT2D eigenvalue weighted by Crippen LogP contribution is -2.24. The minimum atomic E-state index is -0.534. The molecule has 0 bridgehead atoms. The van der Waals surface area contributed by atoms with Gasteiger partial charge in [-0.25, -0.2) is 9.10 Å². The Hall–Kier alpha value is -2.28. The molecular weight excluding hydrogens is 430 g/mol. The van der Waals surface area contributed by atoms with Crippen LogP contribution in [-0.4, -0.2) is 41.1 Å². The van der Waals surface area contributed by atoms with Gasteiger partial charge in [0.1, 0.15) is 5.60 Å². The molecule has 33 heavy (non-hydrogen) atoms. The Morgan fingerprint density at radius 2 is 1.88 bits per heavy atom. The fourth-order valence-corrected chi connectivity index (χ4v) is 4.34. The normalized spacial score (nSPS) is 12.2. The van der Waals surface area contributed by atoms with Crippen LogP contribution in [0.5, 0.6) is 0 Å². The minimum absolute atomic E-state index is 0.291. The van der Waals surface area contributed by atoms with Crippen LogP contribution >= 0.6 is 12.1 Å². The van der Waals surface area contributed by atoms with E-state index in [9.17, 15) is 4.79 Å². The van der Waals surface area contributed by atoms with Crippen LogP contribution in [0.2, 0.25) is 0 Å². The third-order valence-electron chi connectivity index (χ3n) is 5.13. The number of esters is 1. The molecule has 5 nitrogen and oxygen atoms in total. The Morgan fingerprint density at radius 1 is 1.15 bits per heavy atom. The molecular formula is C27H37N3O2S. The van der Waals surface area contributed by atoms with Crippen LogP contribution in [0, 0.1) is 5.92 Å². The minimum Gasteiger partial charge on any atom is -0.456 e. The molecule has 0 amide bonds. The Kier molecular flexibility index (Phi) is 8.27. The first-order valence-corrected chi connectivity index (χ1v) is 12.3. The molecule has 2 aromatic carbocycles. The summed E-state index contributed by atoms with van der Waals surface area (Å²) >= 11 is 1.61. The van der Waals surface area contributed by atoms with Gasteiger partial charge in [-0.3, -0.25) is 4.72 Å². The van der Waals surface area contributed by atoms with E-state index < -0.39 is 5.60 Å². The van der Waals surface area contributed by atoms with E-state index in [4.69, 9.17) is 4.74 Å². The summed E-state index contributed by atoms with van der Waals surface area (Å²) in [6, 6.07) is 14.2. The summed E-state index contributed by atoms with van der Waals surface area (Å²) in [4.78, 5) is 12.9. The van der Waals surface area contributed by atoms with Crippen molar-refractivity contribution in [2.24, 2.45) is 5.92 Å². The van der Waals surface area contributed by atoms with Crippen LogP contribution in [0.4, 0.5) is 0 Å².